The van der Waals surface area contributed by atoms with Crippen LogP contribution in [0, 0.1) is 5.92 Å². The van der Waals surface area contributed by atoms with Crippen molar-refractivity contribution in [1.29, 1.82) is 0 Å². The maximum Gasteiger partial charge on any atom is 0.408 e. The zero-order valence-corrected chi connectivity index (χ0v) is 25.2. The number of amides is 3. The van der Waals surface area contributed by atoms with Crippen LogP contribution in [0.15, 0.2) is 78.9 Å². The number of carbonyl (C=O) groups excluding carboxylic acids is 3. The Morgan fingerprint density at radius 1 is 0.977 bits per heavy atom. The molecule has 5 atom stereocenters. The van der Waals surface area contributed by atoms with Gasteiger partial charge in [0.25, 0.3) is 5.91 Å². The zero-order chi connectivity index (χ0) is 31.1. The Bertz CT molecular complexity index is 1440. The number of benzene rings is 3. The number of hydrogen-bond donors (Lipinski definition) is 3. The van der Waals surface area contributed by atoms with Crippen molar-refractivity contribution in [2.45, 2.75) is 51.1 Å². The quantitative estimate of drug-likeness (QED) is 0.212. The minimum Gasteiger partial charge on any atom is -0.445 e. The van der Waals surface area contributed by atoms with Gasteiger partial charge in [-0.1, -0.05) is 73.7 Å². The summed E-state index contributed by atoms with van der Waals surface area (Å²) < 4.78 is 18.1. The van der Waals surface area contributed by atoms with Gasteiger partial charge < -0.3 is 29.7 Å². The van der Waals surface area contributed by atoms with Crippen LogP contribution in [0.2, 0.25) is 0 Å². The molecule has 3 N–H and O–H groups in total. The minimum atomic E-state index is -1.04. The number of alkyl carbamates (subject to hydrolysis) is 1. The Morgan fingerprint density at radius 2 is 1.75 bits per heavy atom. The number of aliphatic hydroxyl groups excluding tert-OH is 2. The maximum atomic E-state index is 13.3. The number of anilines is 1. The summed E-state index contributed by atoms with van der Waals surface area (Å²) in [4.78, 5) is 39.7. The second-order valence-corrected chi connectivity index (χ2v) is 11.9. The molecule has 0 radical (unpaired) electrons. The third kappa shape index (κ3) is 7.48. The molecule has 44 heavy (non-hydrogen) atoms. The third-order valence-electron chi connectivity index (χ3n) is 7.69. The number of nitrogens with zero attached hydrogens (tertiary/aromatic N) is 1. The second-order valence-electron chi connectivity index (χ2n) is 10.7. The minimum absolute atomic E-state index is 0.0178. The lowest BCUT2D eigenvalue weighted by molar-refractivity contribution is -0.268. The molecular weight excluding hydrogens is 584 g/mol. The lowest BCUT2D eigenvalue weighted by atomic mass is 9.91. The van der Waals surface area contributed by atoms with E-state index >= 15 is 0 Å². The molecule has 5 rings (SSSR count). The average Bonchev–Trinajstić information content (AvgIpc) is 3.33. The van der Waals surface area contributed by atoms with E-state index in [2.05, 4.69) is 12.2 Å². The highest BCUT2D eigenvalue weighted by molar-refractivity contribution is 7.99. The van der Waals surface area contributed by atoms with Gasteiger partial charge in [0.05, 0.1) is 37.5 Å². The molecule has 0 bridgehead atoms. The highest BCUT2D eigenvalue weighted by Gasteiger charge is 2.42. The Balaban J connectivity index is 1.30. The highest BCUT2D eigenvalue weighted by atomic mass is 32.2. The van der Waals surface area contributed by atoms with E-state index in [1.165, 1.54) is 0 Å². The summed E-state index contributed by atoms with van der Waals surface area (Å²) in [6.45, 7) is 2.11. The number of aliphatic hydroxyl groups is 2. The predicted octanol–water partition coefficient (Wildman–Crippen LogP) is 4.25. The first-order valence-electron chi connectivity index (χ1n) is 14.5. The standard InChI is InChI=1S/C33H36N2O8S/c1-21-28(20-44-15-14-36)42-32(43-30(21)24-12-10-22(18-37)11-13-24)25-8-5-9-26(16-25)35-29(38)17-27(31(35)39)34-33(40)41-19-23-6-3-2-4-7-23/h2-13,16,21,27-28,30,32,36-37H,14-15,17-20H2,1H3,(H,34,40). The summed E-state index contributed by atoms with van der Waals surface area (Å²) in [5, 5.41) is 21.3. The average molecular weight is 621 g/mol. The smallest absolute Gasteiger partial charge is 0.408 e. The van der Waals surface area contributed by atoms with Gasteiger partial charge in [0.1, 0.15) is 12.6 Å². The fraction of sp³-hybridized carbons (Fsp3) is 0.364. The molecule has 0 aliphatic carbocycles. The van der Waals surface area contributed by atoms with Crippen molar-refractivity contribution in [3.05, 3.63) is 101 Å². The molecular formula is C33H36N2O8S. The van der Waals surface area contributed by atoms with Crippen LogP contribution in [0.3, 0.4) is 0 Å². The molecule has 3 aromatic carbocycles. The van der Waals surface area contributed by atoms with Crippen LogP contribution >= 0.6 is 11.8 Å². The van der Waals surface area contributed by atoms with E-state index in [4.69, 9.17) is 14.2 Å². The summed E-state index contributed by atoms with van der Waals surface area (Å²) in [5.41, 5.74) is 3.51. The highest BCUT2D eigenvalue weighted by Crippen LogP contribution is 2.43. The number of carbonyl (C=O) groups is 3. The first-order valence-corrected chi connectivity index (χ1v) is 15.7. The molecule has 2 saturated heterocycles. The number of hydrogen-bond acceptors (Lipinski definition) is 9. The van der Waals surface area contributed by atoms with Crippen molar-refractivity contribution in [3.63, 3.8) is 0 Å². The van der Waals surface area contributed by atoms with E-state index in [9.17, 15) is 24.6 Å². The molecule has 232 valence electrons. The van der Waals surface area contributed by atoms with Gasteiger partial charge in [-0.3, -0.25) is 9.59 Å². The van der Waals surface area contributed by atoms with Gasteiger partial charge in [-0.05, 0) is 28.8 Å². The van der Waals surface area contributed by atoms with Crippen LogP contribution in [0.1, 0.15) is 48.0 Å². The fourth-order valence-electron chi connectivity index (χ4n) is 5.31. The molecule has 2 fully saturated rings. The topological polar surface area (TPSA) is 135 Å². The van der Waals surface area contributed by atoms with Crippen molar-refractivity contribution in [2.75, 3.05) is 23.0 Å². The van der Waals surface area contributed by atoms with Crippen LogP contribution in [0.5, 0.6) is 0 Å². The molecule has 0 saturated carbocycles. The SMILES string of the molecule is CC1C(CSCCO)OC(c2cccc(N3C(=O)CC(NC(=O)OCc4ccccc4)C3=O)c2)OC1c1ccc(CO)cc1. The molecule has 5 unspecified atom stereocenters. The molecule has 2 aliphatic rings. The van der Waals surface area contributed by atoms with E-state index in [0.717, 1.165) is 21.6 Å². The van der Waals surface area contributed by atoms with Crippen molar-refractivity contribution in [1.82, 2.24) is 5.32 Å². The number of imide groups is 1. The number of rotatable bonds is 11. The third-order valence-corrected chi connectivity index (χ3v) is 8.73. The first-order chi connectivity index (χ1) is 21.4. The van der Waals surface area contributed by atoms with Gasteiger partial charge in [0.15, 0.2) is 6.29 Å². The van der Waals surface area contributed by atoms with E-state index < -0.39 is 30.2 Å². The zero-order valence-electron chi connectivity index (χ0n) is 24.3. The van der Waals surface area contributed by atoms with E-state index in [1.54, 1.807) is 30.0 Å². The van der Waals surface area contributed by atoms with Crippen LogP contribution in [0.4, 0.5) is 10.5 Å². The van der Waals surface area contributed by atoms with Crippen LogP contribution in [-0.4, -0.2) is 58.4 Å². The van der Waals surface area contributed by atoms with Crippen LogP contribution in [-0.2, 0) is 37.0 Å². The molecule has 3 aromatic rings. The van der Waals surface area contributed by atoms with Gasteiger partial charge >= 0.3 is 6.09 Å². The van der Waals surface area contributed by atoms with Gasteiger partial charge in [-0.15, -0.1) is 0 Å². The van der Waals surface area contributed by atoms with Crippen LogP contribution < -0.4 is 10.2 Å². The monoisotopic (exact) mass is 620 g/mol. The summed E-state index contributed by atoms with van der Waals surface area (Å²) >= 11 is 1.59. The summed E-state index contributed by atoms with van der Waals surface area (Å²) in [5.74, 6) is 0.208. The van der Waals surface area contributed by atoms with Gasteiger partial charge in [-0.2, -0.15) is 11.8 Å². The van der Waals surface area contributed by atoms with Gasteiger partial charge in [0.2, 0.25) is 5.91 Å². The summed E-state index contributed by atoms with van der Waals surface area (Å²) in [6.07, 6.45) is -2.29. The molecule has 11 heteroatoms. The summed E-state index contributed by atoms with van der Waals surface area (Å²) in [6, 6.07) is 22.6. The Hall–Kier alpha value is -3.74. The van der Waals surface area contributed by atoms with Crippen LogP contribution in [0.25, 0.3) is 0 Å². The van der Waals surface area contributed by atoms with Crippen molar-refractivity contribution in [2.24, 2.45) is 5.92 Å². The van der Waals surface area contributed by atoms with Gasteiger partial charge in [0, 0.05) is 23.0 Å². The molecule has 0 aromatic heterocycles. The summed E-state index contributed by atoms with van der Waals surface area (Å²) in [7, 11) is 0. The second kappa shape index (κ2) is 14.8. The Morgan fingerprint density at radius 3 is 2.48 bits per heavy atom. The largest absolute Gasteiger partial charge is 0.445 e. The molecule has 2 heterocycles. The predicted molar refractivity (Wildman–Crippen MR) is 164 cm³/mol. The molecule has 0 spiro atoms. The maximum absolute atomic E-state index is 13.3. The van der Waals surface area contributed by atoms with Crippen molar-refractivity contribution in [3.8, 4) is 0 Å². The lowest BCUT2D eigenvalue weighted by Gasteiger charge is -2.41. The van der Waals surface area contributed by atoms with E-state index in [0.29, 0.717) is 22.8 Å². The molecule has 2 aliphatic heterocycles. The number of ether oxygens (including phenoxy) is 3. The Labute approximate surface area is 260 Å². The molecule has 3 amide bonds. The lowest BCUT2D eigenvalue weighted by Crippen LogP contribution is -2.42. The van der Waals surface area contributed by atoms with Gasteiger partial charge in [-0.25, -0.2) is 9.69 Å². The van der Waals surface area contributed by atoms with E-state index in [-0.39, 0.29) is 44.4 Å². The van der Waals surface area contributed by atoms with Crippen molar-refractivity contribution < 1.29 is 38.8 Å². The number of nitrogens with one attached hydrogen (secondary N) is 1. The Kier molecular flexibility index (Phi) is 10.7. The molecule has 10 nitrogen and oxygen atoms in total. The fourth-order valence-corrected chi connectivity index (χ4v) is 6.22. The van der Waals surface area contributed by atoms with E-state index in [1.807, 2.05) is 60.7 Å². The normalized spacial score (nSPS) is 23.5. The number of thioether (sulfide) groups is 1. The van der Waals surface area contributed by atoms with Crippen molar-refractivity contribution >= 4 is 35.4 Å². The first kappa shape index (κ1) is 31.7.